The lowest BCUT2D eigenvalue weighted by Crippen LogP contribution is -2.30. The molecule has 2 N–H and O–H groups in total. The molecule has 0 aliphatic carbocycles. The summed E-state index contributed by atoms with van der Waals surface area (Å²) >= 11 is 1.25. The average Bonchev–Trinajstić information content (AvgIpc) is 2.82. The lowest BCUT2D eigenvalue weighted by atomic mass is 9.90. The van der Waals surface area contributed by atoms with Crippen LogP contribution in [0.2, 0.25) is 0 Å². The molecule has 21 heavy (non-hydrogen) atoms. The summed E-state index contributed by atoms with van der Waals surface area (Å²) in [5, 5.41) is 13.9. The fraction of sp³-hybridized carbons (Fsp3) is 0.231. The molecule has 0 saturated carbocycles. The van der Waals surface area contributed by atoms with E-state index in [1.165, 1.54) is 29.5 Å². The van der Waals surface area contributed by atoms with Gasteiger partial charge in [0, 0.05) is 12.1 Å². The maximum atomic E-state index is 13.2. The van der Waals surface area contributed by atoms with Crippen LogP contribution in [0.4, 0.5) is 15.2 Å². The van der Waals surface area contributed by atoms with Crippen molar-refractivity contribution in [2.45, 2.75) is 19.3 Å². The summed E-state index contributed by atoms with van der Waals surface area (Å²) in [6.07, 6.45) is 0.0161. The van der Waals surface area contributed by atoms with Crippen molar-refractivity contribution in [3.05, 3.63) is 34.6 Å². The maximum absolute atomic E-state index is 13.2. The van der Waals surface area contributed by atoms with E-state index in [4.69, 9.17) is 0 Å². The van der Waals surface area contributed by atoms with Crippen LogP contribution in [0.5, 0.6) is 0 Å². The molecule has 0 saturated heterocycles. The Morgan fingerprint density at radius 1 is 1.48 bits per heavy atom. The Kier molecular flexibility index (Phi) is 3.38. The number of halogens is 1. The number of benzene rings is 1. The fourth-order valence-electron chi connectivity index (χ4n) is 2.21. The number of aryl methyl sites for hydroxylation is 1. The summed E-state index contributed by atoms with van der Waals surface area (Å²) in [4.78, 5) is 24.0. The molecular weight excluding hydrogens is 295 g/mol. The van der Waals surface area contributed by atoms with Crippen LogP contribution in [-0.4, -0.2) is 22.0 Å². The lowest BCUT2D eigenvalue weighted by molar-refractivity contribution is -0.123. The van der Waals surface area contributed by atoms with Crippen molar-refractivity contribution in [2.75, 3.05) is 10.6 Å². The molecule has 6 nitrogen and oxygen atoms in total. The number of rotatable bonds is 2. The second-order valence-electron chi connectivity index (χ2n) is 4.65. The smallest absolute Gasteiger partial charge is 0.234 e. The van der Waals surface area contributed by atoms with E-state index in [-0.39, 0.29) is 18.2 Å². The molecule has 0 fully saturated rings. The molecule has 108 valence electrons. The zero-order chi connectivity index (χ0) is 15.0. The van der Waals surface area contributed by atoms with Gasteiger partial charge in [-0.1, -0.05) is 17.4 Å². The summed E-state index contributed by atoms with van der Waals surface area (Å²) in [7, 11) is 0. The third kappa shape index (κ3) is 2.75. The molecular formula is C13H11FN4O2S. The maximum Gasteiger partial charge on any atom is 0.234 e. The third-order valence-corrected chi connectivity index (χ3v) is 3.88. The van der Waals surface area contributed by atoms with Gasteiger partial charge in [0.1, 0.15) is 10.8 Å². The van der Waals surface area contributed by atoms with Crippen molar-refractivity contribution >= 4 is 34.0 Å². The number of carbonyl (C=O) groups is 2. The molecule has 0 bridgehead atoms. The van der Waals surface area contributed by atoms with Crippen molar-refractivity contribution in [3.8, 4) is 0 Å². The van der Waals surface area contributed by atoms with E-state index in [0.29, 0.717) is 16.4 Å². The van der Waals surface area contributed by atoms with Crippen molar-refractivity contribution in [1.29, 1.82) is 0 Å². The molecule has 0 radical (unpaired) electrons. The van der Waals surface area contributed by atoms with Crippen LogP contribution in [0.1, 0.15) is 22.9 Å². The van der Waals surface area contributed by atoms with Gasteiger partial charge in [0.15, 0.2) is 0 Å². The number of nitrogens with one attached hydrogen (secondary N) is 2. The highest BCUT2D eigenvalue weighted by molar-refractivity contribution is 7.15. The molecule has 1 aliphatic rings. The van der Waals surface area contributed by atoms with Gasteiger partial charge in [-0.25, -0.2) is 4.39 Å². The van der Waals surface area contributed by atoms with E-state index < -0.39 is 11.7 Å². The van der Waals surface area contributed by atoms with Gasteiger partial charge in [0.25, 0.3) is 0 Å². The minimum atomic E-state index is -0.668. The van der Waals surface area contributed by atoms with E-state index >= 15 is 0 Å². The fourth-order valence-corrected chi connectivity index (χ4v) is 2.81. The Morgan fingerprint density at radius 3 is 3.00 bits per heavy atom. The van der Waals surface area contributed by atoms with Crippen molar-refractivity contribution in [3.63, 3.8) is 0 Å². The highest BCUT2D eigenvalue weighted by Crippen LogP contribution is 2.33. The summed E-state index contributed by atoms with van der Waals surface area (Å²) in [5.41, 5.74) is 0.926. The average molecular weight is 306 g/mol. The predicted octanol–water partition coefficient (Wildman–Crippen LogP) is 2.05. The van der Waals surface area contributed by atoms with Crippen LogP contribution >= 0.6 is 11.3 Å². The van der Waals surface area contributed by atoms with Gasteiger partial charge in [-0.3, -0.25) is 14.9 Å². The summed E-state index contributed by atoms with van der Waals surface area (Å²) in [6, 6.07) is 3.99. The van der Waals surface area contributed by atoms with E-state index in [0.717, 1.165) is 5.01 Å². The minimum Gasteiger partial charge on any atom is -0.326 e. The summed E-state index contributed by atoms with van der Waals surface area (Å²) < 4.78 is 13.2. The monoisotopic (exact) mass is 306 g/mol. The van der Waals surface area contributed by atoms with E-state index in [9.17, 15) is 14.0 Å². The number of anilines is 2. The quantitative estimate of drug-likeness (QED) is 0.889. The summed E-state index contributed by atoms with van der Waals surface area (Å²) in [6.45, 7) is 1.78. The first-order valence-electron chi connectivity index (χ1n) is 6.23. The van der Waals surface area contributed by atoms with Crippen LogP contribution in [0.15, 0.2) is 18.2 Å². The molecule has 2 heterocycles. The molecule has 8 heteroatoms. The number of carbonyl (C=O) groups excluding carboxylic acids is 2. The standard InChI is InChI=1S/C13H11FN4O2S/c1-6-17-18-13(21-6)16-12(20)9-5-11(19)15-10-4-7(14)2-3-8(9)10/h2-4,9H,5H2,1H3,(H,15,19)(H,16,18,20). The second kappa shape index (κ2) is 5.21. The van der Waals surface area contributed by atoms with Crippen molar-refractivity contribution < 1.29 is 14.0 Å². The molecule has 3 rings (SSSR count). The largest absolute Gasteiger partial charge is 0.326 e. The lowest BCUT2D eigenvalue weighted by Gasteiger charge is -2.24. The first-order chi connectivity index (χ1) is 10.0. The predicted molar refractivity (Wildman–Crippen MR) is 75.7 cm³/mol. The Labute approximate surface area is 123 Å². The van der Waals surface area contributed by atoms with Crippen LogP contribution in [-0.2, 0) is 9.59 Å². The Morgan fingerprint density at radius 2 is 2.29 bits per heavy atom. The number of aromatic nitrogens is 2. The third-order valence-electron chi connectivity index (χ3n) is 3.13. The second-order valence-corrected chi connectivity index (χ2v) is 5.83. The molecule has 1 atom stereocenters. The van der Waals surface area contributed by atoms with Gasteiger partial charge in [0.2, 0.25) is 16.9 Å². The van der Waals surface area contributed by atoms with Crippen molar-refractivity contribution in [2.24, 2.45) is 0 Å². The molecule has 2 amide bonds. The van der Waals surface area contributed by atoms with Crippen LogP contribution in [0.3, 0.4) is 0 Å². The highest BCUT2D eigenvalue weighted by Gasteiger charge is 2.31. The Hall–Kier alpha value is -2.35. The molecule has 2 aromatic rings. The molecule has 1 aliphatic heterocycles. The van der Waals surface area contributed by atoms with Crippen LogP contribution < -0.4 is 10.6 Å². The van der Waals surface area contributed by atoms with Gasteiger partial charge >= 0.3 is 0 Å². The zero-order valence-electron chi connectivity index (χ0n) is 11.0. The van der Waals surface area contributed by atoms with Gasteiger partial charge in [0.05, 0.1) is 5.92 Å². The van der Waals surface area contributed by atoms with Gasteiger partial charge < -0.3 is 5.32 Å². The molecule has 1 aromatic carbocycles. The van der Waals surface area contributed by atoms with E-state index in [1.54, 1.807) is 6.92 Å². The zero-order valence-corrected chi connectivity index (χ0v) is 11.8. The van der Waals surface area contributed by atoms with Gasteiger partial charge in [-0.15, -0.1) is 10.2 Å². The molecule has 1 unspecified atom stereocenters. The first kappa shape index (κ1) is 13.6. The minimum absolute atomic E-state index is 0.0161. The van der Waals surface area contributed by atoms with E-state index in [2.05, 4.69) is 20.8 Å². The highest BCUT2D eigenvalue weighted by atomic mass is 32.1. The molecule has 1 aromatic heterocycles. The SMILES string of the molecule is Cc1nnc(NC(=O)C2CC(=O)Nc3cc(F)ccc32)s1. The first-order valence-corrected chi connectivity index (χ1v) is 7.05. The van der Waals surface area contributed by atoms with Crippen LogP contribution in [0.25, 0.3) is 0 Å². The van der Waals surface area contributed by atoms with Gasteiger partial charge in [-0.05, 0) is 24.6 Å². The number of nitrogens with zero attached hydrogens (tertiary/aromatic N) is 2. The summed E-state index contributed by atoms with van der Waals surface area (Å²) in [5.74, 6) is -1.80. The van der Waals surface area contributed by atoms with Crippen LogP contribution in [0, 0.1) is 12.7 Å². The molecule has 0 spiro atoms. The topological polar surface area (TPSA) is 84.0 Å². The normalized spacial score (nSPS) is 17.0. The number of hydrogen-bond donors (Lipinski definition) is 2. The Balaban J connectivity index is 1.88. The van der Waals surface area contributed by atoms with Gasteiger partial charge in [-0.2, -0.15) is 0 Å². The number of amides is 2. The number of hydrogen-bond acceptors (Lipinski definition) is 5. The van der Waals surface area contributed by atoms with E-state index in [1.807, 2.05) is 0 Å². The number of fused-ring (bicyclic) bond motifs is 1. The van der Waals surface area contributed by atoms with Crippen molar-refractivity contribution in [1.82, 2.24) is 10.2 Å². The Bertz CT molecular complexity index is 731.